The molecule has 0 atom stereocenters. The molecule has 0 aliphatic rings. The first-order chi connectivity index (χ1) is 13.1. The SMILES string of the molecule is CN=C(NCCc1c(OC)cc(OC)cc1OC)N(C)CC(=O)NC(C)(C)C.I. The van der Waals surface area contributed by atoms with E-state index in [0.29, 0.717) is 36.2 Å². The molecule has 1 amide bonds. The van der Waals surface area contributed by atoms with Crippen LogP contribution in [0.4, 0.5) is 0 Å². The van der Waals surface area contributed by atoms with Gasteiger partial charge in [-0.05, 0) is 27.2 Å². The number of rotatable bonds is 8. The topological polar surface area (TPSA) is 84.4 Å². The van der Waals surface area contributed by atoms with Crippen LogP contribution in [0.15, 0.2) is 17.1 Å². The fourth-order valence-corrected chi connectivity index (χ4v) is 2.76. The van der Waals surface area contributed by atoms with Gasteiger partial charge in [0, 0.05) is 43.9 Å². The van der Waals surface area contributed by atoms with Gasteiger partial charge in [-0.15, -0.1) is 24.0 Å². The lowest BCUT2D eigenvalue weighted by Crippen LogP contribution is -2.49. The van der Waals surface area contributed by atoms with E-state index in [1.54, 1.807) is 33.3 Å². The van der Waals surface area contributed by atoms with Crippen LogP contribution in [0.3, 0.4) is 0 Å². The quantitative estimate of drug-likeness (QED) is 0.310. The molecule has 0 fully saturated rings. The Morgan fingerprint density at radius 3 is 2.07 bits per heavy atom. The zero-order chi connectivity index (χ0) is 21.3. The molecule has 166 valence electrons. The van der Waals surface area contributed by atoms with Gasteiger partial charge in [0.05, 0.1) is 27.9 Å². The molecule has 0 saturated heterocycles. The molecule has 2 N–H and O–H groups in total. The average Bonchev–Trinajstić information content (AvgIpc) is 2.62. The molecule has 1 aromatic rings. The van der Waals surface area contributed by atoms with E-state index in [-0.39, 0.29) is 42.0 Å². The zero-order valence-corrected chi connectivity index (χ0v) is 21.0. The van der Waals surface area contributed by atoms with Gasteiger partial charge >= 0.3 is 0 Å². The molecule has 9 heteroatoms. The van der Waals surface area contributed by atoms with E-state index in [1.807, 2.05) is 40.0 Å². The molecule has 0 spiro atoms. The van der Waals surface area contributed by atoms with Crippen molar-refractivity contribution in [3.63, 3.8) is 0 Å². The van der Waals surface area contributed by atoms with Crippen molar-refractivity contribution in [1.29, 1.82) is 0 Å². The summed E-state index contributed by atoms with van der Waals surface area (Å²) in [4.78, 5) is 18.2. The van der Waals surface area contributed by atoms with Gasteiger partial charge in [0.2, 0.25) is 5.91 Å². The van der Waals surface area contributed by atoms with E-state index in [1.165, 1.54) is 0 Å². The molecule has 0 aliphatic heterocycles. The predicted octanol–water partition coefficient (Wildman–Crippen LogP) is 2.29. The van der Waals surface area contributed by atoms with Crippen LogP contribution < -0.4 is 24.8 Å². The smallest absolute Gasteiger partial charge is 0.240 e. The molecule has 1 aromatic carbocycles. The van der Waals surface area contributed by atoms with Gasteiger partial charge < -0.3 is 29.7 Å². The Balaban J connectivity index is 0.00000784. The Kier molecular flexibility index (Phi) is 11.8. The summed E-state index contributed by atoms with van der Waals surface area (Å²) in [5.41, 5.74) is 0.665. The number of guanidine groups is 1. The van der Waals surface area contributed by atoms with Gasteiger partial charge in [-0.3, -0.25) is 9.79 Å². The summed E-state index contributed by atoms with van der Waals surface area (Å²) in [6, 6.07) is 3.66. The molecule has 0 heterocycles. The highest BCUT2D eigenvalue weighted by molar-refractivity contribution is 14.0. The lowest BCUT2D eigenvalue weighted by molar-refractivity contribution is -0.122. The van der Waals surface area contributed by atoms with Crippen LogP contribution in [-0.4, -0.2) is 70.8 Å². The predicted molar refractivity (Wildman–Crippen MR) is 127 cm³/mol. The summed E-state index contributed by atoms with van der Waals surface area (Å²) in [6.45, 7) is 6.66. The first-order valence-electron chi connectivity index (χ1n) is 9.16. The molecule has 29 heavy (non-hydrogen) atoms. The number of ether oxygens (including phenoxy) is 3. The summed E-state index contributed by atoms with van der Waals surface area (Å²) in [5.74, 6) is 2.65. The number of likely N-dealkylation sites (N-methyl/N-ethyl adjacent to an activating group) is 1. The highest BCUT2D eigenvalue weighted by Gasteiger charge is 2.17. The van der Waals surface area contributed by atoms with Crippen LogP contribution in [0.1, 0.15) is 26.3 Å². The van der Waals surface area contributed by atoms with E-state index in [0.717, 1.165) is 5.56 Å². The van der Waals surface area contributed by atoms with Crippen LogP contribution in [0, 0.1) is 0 Å². The number of hydrogen-bond donors (Lipinski definition) is 2. The monoisotopic (exact) mass is 522 g/mol. The van der Waals surface area contributed by atoms with E-state index in [4.69, 9.17) is 14.2 Å². The van der Waals surface area contributed by atoms with Crippen molar-refractivity contribution < 1.29 is 19.0 Å². The Morgan fingerprint density at radius 2 is 1.66 bits per heavy atom. The number of carbonyl (C=O) groups is 1. The lowest BCUT2D eigenvalue weighted by Gasteiger charge is -2.25. The third kappa shape index (κ3) is 8.97. The maximum absolute atomic E-state index is 12.1. The fraction of sp³-hybridized carbons (Fsp3) is 0.600. The second-order valence-corrected chi connectivity index (χ2v) is 7.39. The van der Waals surface area contributed by atoms with Gasteiger partial charge in [-0.1, -0.05) is 0 Å². The molecule has 0 aromatic heterocycles. The standard InChI is InChI=1S/C20H34N4O4.HI/c1-20(2,3)23-18(25)13-24(5)19(21-4)22-10-9-15-16(27-7)11-14(26-6)12-17(15)28-8;/h11-12H,9-10,13H2,1-8H3,(H,21,22)(H,23,25);1H. The number of amides is 1. The van der Waals surface area contributed by atoms with Crippen molar-refractivity contribution in [2.45, 2.75) is 32.7 Å². The summed E-state index contributed by atoms with van der Waals surface area (Å²) < 4.78 is 16.2. The number of hydrogen-bond acceptors (Lipinski definition) is 5. The number of carbonyl (C=O) groups excluding carboxylic acids is 1. The highest BCUT2D eigenvalue weighted by atomic mass is 127. The number of nitrogens with one attached hydrogen (secondary N) is 2. The second kappa shape index (κ2) is 12.6. The maximum Gasteiger partial charge on any atom is 0.240 e. The fourth-order valence-electron chi connectivity index (χ4n) is 2.76. The zero-order valence-electron chi connectivity index (χ0n) is 18.7. The van der Waals surface area contributed by atoms with Crippen molar-refractivity contribution in [2.24, 2.45) is 4.99 Å². The van der Waals surface area contributed by atoms with Crippen LogP contribution in [0.25, 0.3) is 0 Å². The number of methoxy groups -OCH3 is 3. The third-order valence-corrected chi connectivity index (χ3v) is 3.94. The molecular formula is C20H35IN4O4. The second-order valence-electron chi connectivity index (χ2n) is 7.39. The van der Waals surface area contributed by atoms with Gasteiger partial charge in [-0.25, -0.2) is 0 Å². The molecule has 0 unspecified atom stereocenters. The van der Waals surface area contributed by atoms with Crippen LogP contribution in [-0.2, 0) is 11.2 Å². The van der Waals surface area contributed by atoms with E-state index < -0.39 is 0 Å². The summed E-state index contributed by atoms with van der Waals surface area (Å²) in [6.07, 6.45) is 0.650. The number of halogens is 1. The minimum Gasteiger partial charge on any atom is -0.496 e. The van der Waals surface area contributed by atoms with Crippen molar-refractivity contribution >= 4 is 35.8 Å². The van der Waals surface area contributed by atoms with Crippen LogP contribution in [0.2, 0.25) is 0 Å². The average molecular weight is 522 g/mol. The van der Waals surface area contributed by atoms with E-state index >= 15 is 0 Å². The number of aliphatic imine (C=N–C) groups is 1. The Bertz CT molecular complexity index is 665. The summed E-state index contributed by atoms with van der Waals surface area (Å²) in [7, 11) is 8.35. The Morgan fingerprint density at radius 1 is 1.10 bits per heavy atom. The minimum absolute atomic E-state index is 0. The highest BCUT2D eigenvalue weighted by Crippen LogP contribution is 2.34. The van der Waals surface area contributed by atoms with Crippen molar-refractivity contribution in [3.8, 4) is 17.2 Å². The molecule has 0 radical (unpaired) electrons. The number of benzene rings is 1. The minimum atomic E-state index is -0.268. The van der Waals surface area contributed by atoms with Crippen molar-refractivity contribution in [3.05, 3.63) is 17.7 Å². The lowest BCUT2D eigenvalue weighted by atomic mass is 10.1. The maximum atomic E-state index is 12.1. The van der Waals surface area contributed by atoms with Gasteiger partial charge in [0.15, 0.2) is 5.96 Å². The van der Waals surface area contributed by atoms with Gasteiger partial charge in [-0.2, -0.15) is 0 Å². The largest absolute Gasteiger partial charge is 0.496 e. The van der Waals surface area contributed by atoms with Gasteiger partial charge in [0.1, 0.15) is 17.2 Å². The number of nitrogens with zero attached hydrogens (tertiary/aromatic N) is 2. The van der Waals surface area contributed by atoms with Crippen LogP contribution in [0.5, 0.6) is 17.2 Å². The Hall–Kier alpha value is -1.91. The van der Waals surface area contributed by atoms with E-state index in [9.17, 15) is 4.79 Å². The molecule has 0 saturated carbocycles. The molecule has 8 nitrogen and oxygen atoms in total. The normalized spacial score (nSPS) is 11.2. The van der Waals surface area contributed by atoms with Crippen LogP contribution >= 0.6 is 24.0 Å². The molecule has 1 rings (SSSR count). The first kappa shape index (κ1) is 27.1. The Labute approximate surface area is 191 Å². The molecular weight excluding hydrogens is 487 g/mol. The van der Waals surface area contributed by atoms with Crippen molar-refractivity contribution in [1.82, 2.24) is 15.5 Å². The van der Waals surface area contributed by atoms with Gasteiger partial charge in [0.25, 0.3) is 0 Å². The summed E-state index contributed by atoms with van der Waals surface area (Å²) in [5, 5.41) is 6.21. The van der Waals surface area contributed by atoms with Crippen molar-refractivity contribution in [2.75, 3.05) is 48.5 Å². The first-order valence-corrected chi connectivity index (χ1v) is 9.16. The third-order valence-electron chi connectivity index (χ3n) is 3.94. The summed E-state index contributed by atoms with van der Waals surface area (Å²) >= 11 is 0. The molecule has 0 aliphatic carbocycles. The van der Waals surface area contributed by atoms with E-state index in [2.05, 4.69) is 15.6 Å². The molecule has 0 bridgehead atoms.